The van der Waals surface area contributed by atoms with Gasteiger partial charge in [-0.1, -0.05) is 180 Å². The zero-order valence-electron chi connectivity index (χ0n) is 27.0. The summed E-state index contributed by atoms with van der Waals surface area (Å²) < 4.78 is 0. The number of aliphatic imine (C=N–C) groups is 1. The van der Waals surface area contributed by atoms with E-state index in [-0.39, 0.29) is 5.92 Å². The molecule has 1 aliphatic carbocycles. The number of hydrogen-bond acceptors (Lipinski definition) is 6. The molecule has 0 saturated carbocycles. The zero-order chi connectivity index (χ0) is 33.8. The van der Waals surface area contributed by atoms with Crippen LogP contribution in [0.5, 0.6) is 0 Å². The topological polar surface area (TPSA) is 12.4 Å². The van der Waals surface area contributed by atoms with Gasteiger partial charge in [-0.25, -0.2) is 0 Å². The van der Waals surface area contributed by atoms with Gasteiger partial charge in [0.1, 0.15) is 0 Å². The molecule has 0 amide bonds. The van der Waals surface area contributed by atoms with E-state index in [0.717, 1.165) is 5.56 Å². The van der Waals surface area contributed by atoms with Gasteiger partial charge in [-0.15, -0.1) is 0 Å². The molecule has 0 atom stereocenters. The van der Waals surface area contributed by atoms with Gasteiger partial charge in [-0.2, -0.15) is 0 Å². The minimum absolute atomic E-state index is 0.265. The van der Waals surface area contributed by atoms with Gasteiger partial charge in [0, 0.05) is 72.9 Å². The van der Waals surface area contributed by atoms with E-state index >= 15 is 0 Å². The molecular weight excluding hydrogens is 703 g/mol. The van der Waals surface area contributed by atoms with Gasteiger partial charge in [0.05, 0.1) is 0 Å². The lowest BCUT2D eigenvalue weighted by molar-refractivity contribution is 0.949. The summed E-state index contributed by atoms with van der Waals surface area (Å²) in [7, 11) is 0. The Morgan fingerprint density at radius 1 is 0.380 bits per heavy atom. The van der Waals surface area contributed by atoms with E-state index < -0.39 is 0 Å². The van der Waals surface area contributed by atoms with Crippen molar-refractivity contribution in [1.82, 2.24) is 0 Å². The third kappa shape index (κ3) is 9.19. The average Bonchev–Trinajstić information content (AvgIpc) is 3.70. The molecule has 0 fully saturated rings. The van der Waals surface area contributed by atoms with Gasteiger partial charge < -0.3 is 0 Å². The van der Waals surface area contributed by atoms with Crippen molar-refractivity contribution in [2.75, 3.05) is 0 Å². The van der Waals surface area contributed by atoms with Gasteiger partial charge in [-0.05, 0) is 60.7 Å². The average molecular weight is 736 g/mol. The molecule has 0 saturated heterocycles. The lowest BCUT2D eigenvalue weighted by Crippen LogP contribution is -2.00. The zero-order valence-corrected chi connectivity index (χ0v) is 31.1. The minimum Gasteiger partial charge on any atom is -0.264 e. The van der Waals surface area contributed by atoms with Crippen LogP contribution in [0.3, 0.4) is 0 Å². The third-order valence-corrected chi connectivity index (χ3v) is 13.7. The van der Waals surface area contributed by atoms with Crippen molar-refractivity contribution in [1.29, 1.82) is 0 Å². The van der Waals surface area contributed by atoms with Crippen LogP contribution in [0.1, 0.15) is 5.56 Å². The van der Waals surface area contributed by atoms with Crippen molar-refractivity contribution in [3.63, 3.8) is 0 Å². The Kier molecular flexibility index (Phi) is 12.2. The molecule has 0 heterocycles. The van der Waals surface area contributed by atoms with Crippen LogP contribution in [0.2, 0.25) is 0 Å². The number of allylic oxidation sites excluding steroid dienone is 5. The fraction of sp³-hybridized carbons (Fsp3) is 0.0227. The molecule has 6 aromatic carbocycles. The molecule has 244 valence electrons. The quantitative estimate of drug-likeness (QED) is 0.109. The highest BCUT2D eigenvalue weighted by molar-refractivity contribution is 8.05. The van der Waals surface area contributed by atoms with E-state index in [2.05, 4.69) is 188 Å². The molecule has 0 spiro atoms. The van der Waals surface area contributed by atoms with Crippen molar-refractivity contribution in [2.45, 2.75) is 49.0 Å². The van der Waals surface area contributed by atoms with Crippen molar-refractivity contribution in [3.8, 4) is 0 Å². The molecule has 0 aromatic heterocycles. The van der Waals surface area contributed by atoms with Crippen molar-refractivity contribution < 1.29 is 0 Å². The second-order valence-corrected chi connectivity index (χ2v) is 16.5. The monoisotopic (exact) mass is 735 g/mol. The van der Waals surface area contributed by atoms with Crippen molar-refractivity contribution >= 4 is 65.0 Å². The number of benzene rings is 6. The van der Waals surface area contributed by atoms with Gasteiger partial charge >= 0.3 is 0 Å². The number of hydrogen-bond donors (Lipinski definition) is 0. The highest BCUT2D eigenvalue weighted by Gasteiger charge is 2.27. The fourth-order valence-electron chi connectivity index (χ4n) is 5.13. The van der Waals surface area contributed by atoms with Crippen LogP contribution in [0, 0.1) is 5.92 Å². The van der Waals surface area contributed by atoms with Crippen LogP contribution in [0.25, 0.3) is 0 Å². The largest absolute Gasteiger partial charge is 0.264 e. The van der Waals surface area contributed by atoms with Gasteiger partial charge in [0.2, 0.25) is 0 Å². The first kappa shape index (κ1) is 34.4. The Labute approximate surface area is 316 Å². The van der Waals surface area contributed by atoms with Crippen LogP contribution in [0.15, 0.2) is 242 Å². The van der Waals surface area contributed by atoms with Crippen molar-refractivity contribution in [3.05, 3.63) is 194 Å². The molecule has 1 aliphatic rings. The smallest absolute Gasteiger partial charge is 0.0425 e. The maximum Gasteiger partial charge on any atom is 0.0425 e. The summed E-state index contributed by atoms with van der Waals surface area (Å²) >= 11 is 9.13. The predicted octanol–water partition coefficient (Wildman–Crippen LogP) is 14.1. The summed E-state index contributed by atoms with van der Waals surface area (Å²) in [5.41, 5.74) is 1.11. The first-order valence-electron chi connectivity index (χ1n) is 16.2. The minimum atomic E-state index is 0.265. The van der Waals surface area contributed by atoms with Crippen LogP contribution in [-0.2, 0) is 0 Å². The van der Waals surface area contributed by atoms with E-state index in [1.54, 1.807) is 0 Å². The van der Waals surface area contributed by atoms with Crippen LogP contribution >= 0.6 is 58.8 Å². The molecule has 0 bridgehead atoms. The second-order valence-electron chi connectivity index (χ2n) is 11.1. The van der Waals surface area contributed by atoms with Gasteiger partial charge in [-0.3, -0.25) is 4.99 Å². The first-order chi connectivity index (χ1) is 24.8. The molecule has 0 unspecified atom stereocenters. The maximum atomic E-state index is 4.99. The lowest BCUT2D eigenvalue weighted by atomic mass is 10.2. The molecule has 0 N–H and O–H groups in total. The normalized spacial score (nSPS) is 12.8. The van der Waals surface area contributed by atoms with Crippen LogP contribution in [0.4, 0.5) is 0 Å². The molecule has 7 rings (SSSR count). The highest BCUT2D eigenvalue weighted by atomic mass is 32.2. The third-order valence-electron chi connectivity index (χ3n) is 7.51. The fourth-order valence-corrected chi connectivity index (χ4v) is 11.1. The number of rotatable bonds is 13. The molecular formula is C44H33NS5. The summed E-state index contributed by atoms with van der Waals surface area (Å²) in [5.74, 6) is 0.265. The van der Waals surface area contributed by atoms with Crippen LogP contribution < -0.4 is 0 Å². The number of nitrogens with zero attached hydrogens (tertiary/aromatic N) is 1. The Bertz CT molecular complexity index is 1990. The molecule has 6 aromatic rings. The summed E-state index contributed by atoms with van der Waals surface area (Å²) in [4.78, 5) is 17.0. The Morgan fingerprint density at radius 2 is 0.680 bits per heavy atom. The van der Waals surface area contributed by atoms with E-state index in [0.29, 0.717) is 0 Å². The van der Waals surface area contributed by atoms with E-state index in [1.807, 2.05) is 65.0 Å². The second kappa shape index (κ2) is 17.8. The van der Waals surface area contributed by atoms with E-state index in [9.17, 15) is 0 Å². The molecule has 6 heteroatoms. The Balaban J connectivity index is 1.52. The molecule has 50 heavy (non-hydrogen) atoms. The highest BCUT2D eigenvalue weighted by Crippen LogP contribution is 2.56. The molecule has 0 aliphatic heterocycles. The molecule has 1 nitrogen and oxygen atoms in total. The Hall–Kier alpha value is -4.04. The van der Waals surface area contributed by atoms with Crippen molar-refractivity contribution in [2.24, 2.45) is 10.9 Å². The summed E-state index contributed by atoms with van der Waals surface area (Å²) in [6.07, 6.45) is 14.7. The summed E-state index contributed by atoms with van der Waals surface area (Å²) in [5, 5.41) is 0. The summed E-state index contributed by atoms with van der Waals surface area (Å²) in [6.45, 7) is 0. The summed E-state index contributed by atoms with van der Waals surface area (Å²) in [6, 6.07) is 53.6. The van der Waals surface area contributed by atoms with E-state index in [4.69, 9.17) is 4.99 Å². The lowest BCUT2D eigenvalue weighted by Gasteiger charge is -2.24. The standard InChI is InChI=1S/C44H33NS5/c1-6-20-34(21-7-1)46-40-39(32-45-31-30-33-18-16-17-19-33)41(47-35-22-8-2-9-23-35)43(49-37-26-12-4-13-27-37)44(50-38-28-14-5-15-29-38)42(40)48-36-24-10-3-11-25-36/h1-33H/b31-30-,45-32?. The predicted molar refractivity (Wildman–Crippen MR) is 218 cm³/mol. The van der Waals surface area contributed by atoms with Crippen LogP contribution in [-0.4, -0.2) is 6.21 Å². The maximum absolute atomic E-state index is 4.99. The molecule has 0 radical (unpaired) electrons. The van der Waals surface area contributed by atoms with Gasteiger partial charge in [0.15, 0.2) is 0 Å². The van der Waals surface area contributed by atoms with Gasteiger partial charge in [0.25, 0.3) is 0 Å². The SMILES string of the molecule is C1=CC(/C=C\N=Cc2c(Sc3ccccc3)c(Sc3ccccc3)c(Sc3ccccc3)c(Sc3ccccc3)c2Sc2ccccc2)C=C1. The Morgan fingerprint density at radius 3 is 1.02 bits per heavy atom. The first-order valence-corrected chi connectivity index (χ1v) is 20.3. The van der Waals surface area contributed by atoms with E-state index in [1.165, 1.54) is 49.0 Å².